The SMILES string of the molecule is CC(=O)N1CCCC[C@@H](n2c(NC(=O)c3cc(N)cs3)nc3ccc(CN4CCN(C)CC4)cc32)C1. The number of fused-ring (bicyclic) bond motifs is 1. The van der Waals surface area contributed by atoms with E-state index in [1.807, 2.05) is 4.90 Å². The number of nitrogens with zero attached hydrogens (tertiary/aromatic N) is 5. The van der Waals surface area contributed by atoms with Crippen molar-refractivity contribution in [3.05, 3.63) is 40.1 Å². The highest BCUT2D eigenvalue weighted by atomic mass is 32.1. The molecule has 0 aliphatic carbocycles. The van der Waals surface area contributed by atoms with E-state index in [0.29, 0.717) is 23.1 Å². The van der Waals surface area contributed by atoms with Crippen molar-refractivity contribution in [1.29, 1.82) is 0 Å². The molecule has 4 heterocycles. The molecule has 0 unspecified atom stereocenters. The molecule has 192 valence electrons. The summed E-state index contributed by atoms with van der Waals surface area (Å²) in [5.74, 6) is 0.388. The summed E-state index contributed by atoms with van der Waals surface area (Å²) >= 11 is 1.32. The maximum absolute atomic E-state index is 13.1. The molecule has 5 rings (SSSR count). The summed E-state index contributed by atoms with van der Waals surface area (Å²) in [6.45, 7) is 8.15. The van der Waals surface area contributed by atoms with E-state index in [1.54, 1.807) is 18.4 Å². The molecule has 0 saturated carbocycles. The Bertz CT molecular complexity index is 1240. The maximum atomic E-state index is 13.1. The first-order chi connectivity index (χ1) is 17.4. The molecule has 2 amide bonds. The third kappa shape index (κ3) is 5.40. The van der Waals surface area contributed by atoms with Crippen LogP contribution in [-0.2, 0) is 11.3 Å². The van der Waals surface area contributed by atoms with Crippen molar-refractivity contribution in [2.45, 2.75) is 38.8 Å². The van der Waals surface area contributed by atoms with Gasteiger partial charge in [0.15, 0.2) is 0 Å². The number of rotatable bonds is 5. The Hall–Kier alpha value is -2.95. The number of thiophene rings is 1. The molecule has 2 fully saturated rings. The Kier molecular flexibility index (Phi) is 7.27. The largest absolute Gasteiger partial charge is 0.398 e. The number of hydrogen-bond donors (Lipinski definition) is 2. The topological polar surface area (TPSA) is 99.7 Å². The van der Waals surface area contributed by atoms with Crippen LogP contribution < -0.4 is 11.1 Å². The van der Waals surface area contributed by atoms with Gasteiger partial charge in [0.25, 0.3) is 5.91 Å². The molecule has 2 aliphatic heterocycles. The number of piperazine rings is 1. The van der Waals surface area contributed by atoms with Crippen LogP contribution in [0, 0.1) is 0 Å². The number of carbonyl (C=O) groups excluding carboxylic acids is 2. The Labute approximate surface area is 215 Å². The van der Waals surface area contributed by atoms with Crippen LogP contribution in [0.5, 0.6) is 0 Å². The standard InChI is InChI=1S/C26H35N7O2S/c1-18(34)32-8-4-3-5-21(16-32)33-23-13-19(15-31-11-9-30(2)10-12-31)6-7-22(23)28-26(33)29-25(35)24-14-20(27)17-36-24/h6-7,13-14,17,21H,3-5,8-12,15-16,27H2,1-2H3,(H,28,29,35)/t21-/m1/s1. The lowest BCUT2D eigenvalue weighted by atomic mass is 10.1. The van der Waals surface area contributed by atoms with E-state index in [4.69, 9.17) is 10.7 Å². The van der Waals surface area contributed by atoms with Gasteiger partial charge in [-0.05, 0) is 50.1 Å². The fraction of sp³-hybridized carbons (Fsp3) is 0.500. The number of nitrogens with two attached hydrogens (primary N) is 1. The Morgan fingerprint density at radius 3 is 2.67 bits per heavy atom. The van der Waals surface area contributed by atoms with Gasteiger partial charge in [-0.1, -0.05) is 6.07 Å². The normalized spacial score (nSPS) is 19.9. The summed E-state index contributed by atoms with van der Waals surface area (Å²) < 4.78 is 2.15. The van der Waals surface area contributed by atoms with Gasteiger partial charge in [0.2, 0.25) is 11.9 Å². The predicted molar refractivity (Wildman–Crippen MR) is 144 cm³/mol. The molecule has 0 bridgehead atoms. The van der Waals surface area contributed by atoms with E-state index in [1.165, 1.54) is 16.9 Å². The van der Waals surface area contributed by atoms with Crippen molar-refractivity contribution in [2.24, 2.45) is 0 Å². The van der Waals surface area contributed by atoms with Crippen LogP contribution in [0.1, 0.15) is 47.5 Å². The lowest BCUT2D eigenvalue weighted by molar-refractivity contribution is -0.129. The molecule has 1 atom stereocenters. The summed E-state index contributed by atoms with van der Waals surface area (Å²) in [5.41, 5.74) is 9.50. The molecular formula is C26H35N7O2S. The predicted octanol–water partition coefficient (Wildman–Crippen LogP) is 3.25. The third-order valence-corrected chi connectivity index (χ3v) is 8.23. The van der Waals surface area contributed by atoms with E-state index in [2.05, 4.69) is 44.9 Å². The zero-order valence-electron chi connectivity index (χ0n) is 21.1. The fourth-order valence-corrected chi connectivity index (χ4v) is 5.90. The van der Waals surface area contributed by atoms with Crippen LogP contribution in [-0.4, -0.2) is 82.4 Å². The monoisotopic (exact) mass is 509 g/mol. The first kappa shape index (κ1) is 24.7. The quantitative estimate of drug-likeness (QED) is 0.548. The van der Waals surface area contributed by atoms with Crippen molar-refractivity contribution in [3.63, 3.8) is 0 Å². The van der Waals surface area contributed by atoms with Crippen LogP contribution in [0.4, 0.5) is 11.6 Å². The first-order valence-electron chi connectivity index (χ1n) is 12.7. The van der Waals surface area contributed by atoms with Gasteiger partial charge in [-0.15, -0.1) is 11.3 Å². The summed E-state index contributed by atoms with van der Waals surface area (Å²) in [6, 6.07) is 8.12. The maximum Gasteiger partial charge on any atom is 0.268 e. The number of likely N-dealkylation sites (tertiary alicyclic amines) is 1. The highest BCUT2D eigenvalue weighted by molar-refractivity contribution is 7.12. The minimum absolute atomic E-state index is 0.0315. The molecule has 3 N–H and O–H groups in total. The smallest absolute Gasteiger partial charge is 0.268 e. The van der Waals surface area contributed by atoms with E-state index < -0.39 is 0 Å². The van der Waals surface area contributed by atoms with Crippen LogP contribution in [0.2, 0.25) is 0 Å². The van der Waals surface area contributed by atoms with Crippen molar-refractivity contribution < 1.29 is 9.59 Å². The lowest BCUT2D eigenvalue weighted by Crippen LogP contribution is -2.43. The van der Waals surface area contributed by atoms with Gasteiger partial charge < -0.3 is 20.1 Å². The minimum atomic E-state index is -0.219. The molecule has 10 heteroatoms. The van der Waals surface area contributed by atoms with Gasteiger partial charge in [-0.3, -0.25) is 19.8 Å². The van der Waals surface area contributed by atoms with E-state index in [9.17, 15) is 9.59 Å². The van der Waals surface area contributed by atoms with Crippen molar-refractivity contribution in [2.75, 3.05) is 57.4 Å². The summed E-state index contributed by atoms with van der Waals surface area (Å²) in [7, 11) is 2.17. The zero-order chi connectivity index (χ0) is 25.2. The second-order valence-corrected chi connectivity index (χ2v) is 10.9. The van der Waals surface area contributed by atoms with Gasteiger partial charge in [0.1, 0.15) is 0 Å². The van der Waals surface area contributed by atoms with E-state index in [0.717, 1.165) is 69.6 Å². The van der Waals surface area contributed by atoms with Crippen LogP contribution >= 0.6 is 11.3 Å². The van der Waals surface area contributed by atoms with Gasteiger partial charge >= 0.3 is 0 Å². The Morgan fingerprint density at radius 1 is 1.14 bits per heavy atom. The van der Waals surface area contributed by atoms with Gasteiger partial charge in [0.05, 0.1) is 22.0 Å². The summed E-state index contributed by atoms with van der Waals surface area (Å²) in [5, 5.41) is 4.81. The zero-order valence-corrected chi connectivity index (χ0v) is 21.9. The lowest BCUT2D eigenvalue weighted by Gasteiger charge is -2.32. The number of nitrogens with one attached hydrogen (secondary N) is 1. The highest BCUT2D eigenvalue weighted by Gasteiger charge is 2.27. The van der Waals surface area contributed by atoms with Crippen molar-refractivity contribution in [1.82, 2.24) is 24.3 Å². The number of carbonyl (C=O) groups is 2. The van der Waals surface area contributed by atoms with Crippen molar-refractivity contribution >= 4 is 45.8 Å². The van der Waals surface area contributed by atoms with Crippen LogP contribution in [0.3, 0.4) is 0 Å². The molecule has 2 aliphatic rings. The van der Waals surface area contributed by atoms with Gasteiger partial charge in [-0.2, -0.15) is 0 Å². The third-order valence-electron chi connectivity index (χ3n) is 7.28. The summed E-state index contributed by atoms with van der Waals surface area (Å²) in [4.78, 5) is 37.5. The number of anilines is 2. The fourth-order valence-electron chi connectivity index (χ4n) is 5.21. The van der Waals surface area contributed by atoms with E-state index >= 15 is 0 Å². The number of nitrogen functional groups attached to an aromatic ring is 1. The molecule has 0 spiro atoms. The number of benzene rings is 1. The molecule has 1 aromatic carbocycles. The Morgan fingerprint density at radius 2 is 1.94 bits per heavy atom. The molecule has 36 heavy (non-hydrogen) atoms. The average molecular weight is 510 g/mol. The van der Waals surface area contributed by atoms with E-state index in [-0.39, 0.29) is 17.9 Å². The number of hydrogen-bond acceptors (Lipinski definition) is 7. The second kappa shape index (κ2) is 10.6. The van der Waals surface area contributed by atoms with Crippen LogP contribution in [0.15, 0.2) is 29.6 Å². The number of imidazole rings is 1. The van der Waals surface area contributed by atoms with Crippen molar-refractivity contribution in [3.8, 4) is 0 Å². The second-order valence-electron chi connectivity index (χ2n) is 10.0. The summed E-state index contributed by atoms with van der Waals surface area (Å²) in [6.07, 6.45) is 2.92. The van der Waals surface area contributed by atoms with Crippen LogP contribution in [0.25, 0.3) is 11.0 Å². The molecule has 9 nitrogen and oxygen atoms in total. The molecule has 3 aromatic rings. The average Bonchev–Trinajstić information content (AvgIpc) is 3.34. The highest BCUT2D eigenvalue weighted by Crippen LogP contribution is 2.32. The number of aromatic nitrogens is 2. The van der Waals surface area contributed by atoms with Gasteiger partial charge in [-0.25, -0.2) is 4.98 Å². The molecular weight excluding hydrogens is 474 g/mol. The Balaban J connectivity index is 1.50. The minimum Gasteiger partial charge on any atom is -0.398 e. The first-order valence-corrected chi connectivity index (χ1v) is 13.6. The molecule has 2 saturated heterocycles. The number of amides is 2. The number of likely N-dealkylation sites (N-methyl/N-ethyl adjacent to an activating group) is 1. The van der Waals surface area contributed by atoms with Gasteiger partial charge in [0, 0.05) is 63.8 Å². The molecule has 2 aromatic heterocycles. The molecule has 0 radical (unpaired) electrons.